The lowest BCUT2D eigenvalue weighted by atomic mass is 9.70. The molecule has 0 saturated heterocycles. The molecule has 0 radical (unpaired) electrons. The minimum absolute atomic E-state index is 0.117. The highest BCUT2D eigenvalue weighted by atomic mass is 79.9. The van der Waals surface area contributed by atoms with E-state index in [-0.39, 0.29) is 5.54 Å². The van der Waals surface area contributed by atoms with Gasteiger partial charge in [0, 0.05) is 22.4 Å². The molecule has 3 aromatic rings. The summed E-state index contributed by atoms with van der Waals surface area (Å²) in [7, 11) is 0. The van der Waals surface area contributed by atoms with E-state index in [1.165, 1.54) is 36.0 Å². The summed E-state index contributed by atoms with van der Waals surface area (Å²) < 4.78 is 3.54. The first kappa shape index (κ1) is 14.5. The molecule has 120 valence electrons. The smallest absolute Gasteiger partial charge is 0.141 e. The maximum absolute atomic E-state index is 4.68. The molecule has 1 fully saturated rings. The van der Waals surface area contributed by atoms with Gasteiger partial charge >= 0.3 is 0 Å². The van der Waals surface area contributed by atoms with Crippen LogP contribution >= 0.6 is 15.9 Å². The molecule has 0 bridgehead atoms. The van der Waals surface area contributed by atoms with Gasteiger partial charge in [-0.15, -0.1) is 0 Å². The molecule has 1 aliphatic carbocycles. The normalized spacial score (nSPS) is 22.0. The Hall–Kier alpha value is -1.87. The van der Waals surface area contributed by atoms with Crippen molar-refractivity contribution in [3.05, 3.63) is 76.5 Å². The molecule has 2 aliphatic rings. The van der Waals surface area contributed by atoms with E-state index >= 15 is 0 Å². The first-order chi connectivity index (χ1) is 11.8. The molecule has 0 amide bonds. The highest BCUT2D eigenvalue weighted by Crippen LogP contribution is 2.52. The number of rotatable bonds is 3. The van der Waals surface area contributed by atoms with Crippen LogP contribution in [-0.4, -0.2) is 9.55 Å². The summed E-state index contributed by atoms with van der Waals surface area (Å²) in [6, 6.07) is 17.7. The largest absolute Gasteiger partial charge is 0.317 e. The molecule has 2 heterocycles. The van der Waals surface area contributed by atoms with Gasteiger partial charge in [-0.3, -0.25) is 0 Å². The molecule has 24 heavy (non-hydrogen) atoms. The Bertz CT molecular complexity index is 892. The van der Waals surface area contributed by atoms with Crippen molar-refractivity contribution in [2.45, 2.75) is 31.2 Å². The van der Waals surface area contributed by atoms with Gasteiger partial charge in [0.1, 0.15) is 5.82 Å². The fraction of sp³-hybridized carbons (Fsp3) is 0.286. The number of benzene rings is 2. The van der Waals surface area contributed by atoms with Gasteiger partial charge in [0.05, 0.1) is 5.54 Å². The van der Waals surface area contributed by atoms with E-state index in [2.05, 4.69) is 80.2 Å². The highest BCUT2D eigenvalue weighted by molar-refractivity contribution is 9.10. The fourth-order valence-electron chi connectivity index (χ4n) is 4.44. The molecule has 3 heteroatoms. The van der Waals surface area contributed by atoms with Crippen molar-refractivity contribution in [1.82, 2.24) is 9.55 Å². The summed E-state index contributed by atoms with van der Waals surface area (Å²) in [5.41, 5.74) is 3.93. The van der Waals surface area contributed by atoms with E-state index in [4.69, 9.17) is 0 Å². The fourth-order valence-corrected chi connectivity index (χ4v) is 4.70. The van der Waals surface area contributed by atoms with Crippen molar-refractivity contribution < 1.29 is 0 Å². The van der Waals surface area contributed by atoms with Crippen LogP contribution in [0.5, 0.6) is 0 Å². The lowest BCUT2D eigenvalue weighted by Crippen LogP contribution is -2.36. The lowest BCUT2D eigenvalue weighted by molar-refractivity contribution is 0.229. The van der Waals surface area contributed by atoms with Crippen molar-refractivity contribution >= 4 is 15.9 Å². The van der Waals surface area contributed by atoms with Gasteiger partial charge in [-0.05, 0) is 35.6 Å². The lowest BCUT2D eigenvalue weighted by Gasteiger charge is -2.39. The van der Waals surface area contributed by atoms with Gasteiger partial charge in [0.15, 0.2) is 0 Å². The molecular formula is C21H19BrN2. The number of halogens is 1. The quantitative estimate of drug-likeness (QED) is 0.579. The van der Waals surface area contributed by atoms with Crippen LogP contribution in [0.25, 0.3) is 11.4 Å². The number of nitrogens with zero attached hydrogens (tertiary/aromatic N) is 2. The van der Waals surface area contributed by atoms with Gasteiger partial charge in [0.2, 0.25) is 0 Å². The molecule has 1 aromatic heterocycles. The molecule has 2 nitrogen and oxygen atoms in total. The highest BCUT2D eigenvalue weighted by Gasteiger charge is 2.46. The number of imidazole rings is 1. The molecule has 1 atom stereocenters. The van der Waals surface area contributed by atoms with E-state index in [1.54, 1.807) is 0 Å². The van der Waals surface area contributed by atoms with Crippen molar-refractivity contribution in [3.63, 3.8) is 0 Å². The number of fused-ring (bicyclic) bond motifs is 3. The monoisotopic (exact) mass is 378 g/mol. The topological polar surface area (TPSA) is 17.8 Å². The molecule has 0 N–H and O–H groups in total. The van der Waals surface area contributed by atoms with E-state index in [1.807, 2.05) is 6.20 Å². The molecule has 1 saturated carbocycles. The van der Waals surface area contributed by atoms with Crippen molar-refractivity contribution in [2.75, 3.05) is 0 Å². The zero-order chi connectivity index (χ0) is 16.1. The maximum atomic E-state index is 4.68. The number of aromatic nitrogens is 2. The average Bonchev–Trinajstić information content (AvgIpc) is 3.14. The van der Waals surface area contributed by atoms with E-state index < -0.39 is 0 Å². The Labute approximate surface area is 150 Å². The first-order valence-electron chi connectivity index (χ1n) is 8.69. The summed E-state index contributed by atoms with van der Waals surface area (Å²) in [5, 5.41) is 0. The summed E-state index contributed by atoms with van der Waals surface area (Å²) in [6.07, 6.45) is 9.35. The maximum Gasteiger partial charge on any atom is 0.141 e. The predicted molar refractivity (Wildman–Crippen MR) is 99.9 cm³/mol. The second-order valence-corrected chi connectivity index (χ2v) is 7.95. The number of hydrogen-bond acceptors (Lipinski definition) is 1. The Morgan fingerprint density at radius 2 is 1.88 bits per heavy atom. The van der Waals surface area contributed by atoms with Crippen LogP contribution in [-0.2, 0) is 5.54 Å². The van der Waals surface area contributed by atoms with Gasteiger partial charge < -0.3 is 4.57 Å². The third kappa shape index (κ3) is 1.91. The average molecular weight is 379 g/mol. The summed E-state index contributed by atoms with van der Waals surface area (Å²) >= 11 is 3.58. The Balaban J connectivity index is 1.79. The molecule has 1 unspecified atom stereocenters. The van der Waals surface area contributed by atoms with Crippen LogP contribution in [0.4, 0.5) is 0 Å². The van der Waals surface area contributed by atoms with E-state index in [0.717, 1.165) is 22.6 Å². The molecule has 0 spiro atoms. The molecular weight excluding hydrogens is 360 g/mol. The zero-order valence-electron chi connectivity index (χ0n) is 13.5. The second kappa shape index (κ2) is 5.32. The van der Waals surface area contributed by atoms with E-state index in [9.17, 15) is 0 Å². The molecule has 5 rings (SSSR count). The van der Waals surface area contributed by atoms with Gasteiger partial charge in [0.25, 0.3) is 0 Å². The summed E-state index contributed by atoms with van der Waals surface area (Å²) in [4.78, 5) is 4.68. The Morgan fingerprint density at radius 3 is 2.62 bits per heavy atom. The molecule has 2 aromatic carbocycles. The minimum atomic E-state index is -0.117. The third-order valence-electron chi connectivity index (χ3n) is 5.80. The SMILES string of the molecule is Brc1ccc(C2(CC3CCC3)c3ccccc3-c3nccn32)cc1. The van der Waals surface area contributed by atoms with E-state index in [0.29, 0.717) is 0 Å². The van der Waals surface area contributed by atoms with Gasteiger partial charge in [-0.25, -0.2) is 4.98 Å². The van der Waals surface area contributed by atoms with Crippen LogP contribution < -0.4 is 0 Å². The van der Waals surface area contributed by atoms with Crippen LogP contribution in [0.1, 0.15) is 36.8 Å². The van der Waals surface area contributed by atoms with Gasteiger partial charge in [-0.2, -0.15) is 0 Å². The molecule has 1 aliphatic heterocycles. The van der Waals surface area contributed by atoms with Crippen LogP contribution in [0.15, 0.2) is 65.4 Å². The van der Waals surface area contributed by atoms with Crippen molar-refractivity contribution in [1.29, 1.82) is 0 Å². The van der Waals surface area contributed by atoms with Crippen LogP contribution in [0, 0.1) is 5.92 Å². The summed E-state index contributed by atoms with van der Waals surface area (Å²) in [5.74, 6) is 1.91. The predicted octanol–water partition coefficient (Wildman–Crippen LogP) is 5.61. The van der Waals surface area contributed by atoms with Crippen LogP contribution in [0.2, 0.25) is 0 Å². The van der Waals surface area contributed by atoms with Crippen LogP contribution in [0.3, 0.4) is 0 Å². The van der Waals surface area contributed by atoms with Gasteiger partial charge in [-0.1, -0.05) is 71.6 Å². The van der Waals surface area contributed by atoms with Crippen molar-refractivity contribution in [2.24, 2.45) is 5.92 Å². The minimum Gasteiger partial charge on any atom is -0.317 e. The first-order valence-corrected chi connectivity index (χ1v) is 9.48. The number of hydrogen-bond donors (Lipinski definition) is 0. The second-order valence-electron chi connectivity index (χ2n) is 7.03. The zero-order valence-corrected chi connectivity index (χ0v) is 15.0. The summed E-state index contributed by atoms with van der Waals surface area (Å²) in [6.45, 7) is 0. The van der Waals surface area contributed by atoms with Crippen molar-refractivity contribution in [3.8, 4) is 11.4 Å². The standard InChI is InChI=1S/C21H19BrN2/c22-17-10-8-16(9-11-17)21(14-15-4-3-5-15)19-7-2-1-6-18(19)20-23-12-13-24(20)21/h1-2,6-13,15H,3-5,14H2. The third-order valence-corrected chi connectivity index (χ3v) is 6.32. The Morgan fingerprint density at radius 1 is 1.08 bits per heavy atom. The Kier molecular flexibility index (Phi) is 3.21.